The molecule has 6 atom stereocenters. The molecule has 0 radical (unpaired) electrons. The van der Waals surface area contributed by atoms with E-state index in [9.17, 15) is 25.2 Å². The Morgan fingerprint density at radius 1 is 1.00 bits per heavy atom. The topological polar surface area (TPSA) is 104 Å². The number of piperidine rings is 1. The Hall–Kier alpha value is -0.730. The molecule has 2 aliphatic rings. The van der Waals surface area contributed by atoms with Crippen LogP contribution in [-0.2, 0) is 4.79 Å². The highest BCUT2D eigenvalue weighted by Gasteiger charge is 2.40. The molecule has 1 amide bonds. The van der Waals surface area contributed by atoms with Crippen molar-refractivity contribution in [3.8, 4) is 0 Å². The van der Waals surface area contributed by atoms with E-state index in [-0.39, 0.29) is 24.5 Å². The van der Waals surface area contributed by atoms with E-state index in [1.165, 1.54) is 19.3 Å². The number of amides is 1. The van der Waals surface area contributed by atoms with Gasteiger partial charge in [-0.05, 0) is 38.1 Å². The molecule has 2 fully saturated rings. The van der Waals surface area contributed by atoms with E-state index < -0.39 is 24.4 Å². The molecular formula is C24H46N2O5. The van der Waals surface area contributed by atoms with Gasteiger partial charge in [0.1, 0.15) is 12.2 Å². The number of carbonyl (C=O) groups is 1. The number of rotatable bonds is 9. The van der Waals surface area contributed by atoms with Crippen molar-refractivity contribution in [3.63, 3.8) is 0 Å². The minimum Gasteiger partial charge on any atom is -0.395 e. The summed E-state index contributed by atoms with van der Waals surface area (Å²) in [6.07, 6.45) is 5.30. The van der Waals surface area contributed by atoms with E-state index in [1.807, 2.05) is 25.7 Å². The predicted molar refractivity (Wildman–Crippen MR) is 122 cm³/mol. The largest absolute Gasteiger partial charge is 0.395 e. The maximum atomic E-state index is 13.1. The fraction of sp³-hybridized carbons (Fsp3) is 0.958. The van der Waals surface area contributed by atoms with E-state index in [1.54, 1.807) is 0 Å². The van der Waals surface area contributed by atoms with Crippen LogP contribution in [0.2, 0.25) is 0 Å². The molecule has 31 heavy (non-hydrogen) atoms. The number of likely N-dealkylation sites (tertiary alicyclic amines) is 1. The second-order valence-corrected chi connectivity index (χ2v) is 10.8. The van der Waals surface area contributed by atoms with Crippen LogP contribution in [0.15, 0.2) is 0 Å². The Morgan fingerprint density at radius 2 is 1.65 bits per heavy atom. The predicted octanol–water partition coefficient (Wildman–Crippen LogP) is 1.76. The lowest BCUT2D eigenvalue weighted by Gasteiger charge is -2.43. The number of β-amino-alcohol motifs (C(OH)–C–C–N with tert-alkyl or cyclic N) is 1. The maximum absolute atomic E-state index is 13.1. The summed E-state index contributed by atoms with van der Waals surface area (Å²) in [4.78, 5) is 17.2. The van der Waals surface area contributed by atoms with Crippen LogP contribution >= 0.6 is 0 Å². The third kappa shape index (κ3) is 7.13. The van der Waals surface area contributed by atoms with E-state index in [0.29, 0.717) is 18.5 Å². The van der Waals surface area contributed by atoms with Crippen LogP contribution in [0.1, 0.15) is 79.1 Å². The van der Waals surface area contributed by atoms with Gasteiger partial charge >= 0.3 is 0 Å². The number of hydrogen-bond acceptors (Lipinski definition) is 6. The molecule has 7 heteroatoms. The van der Waals surface area contributed by atoms with E-state index in [4.69, 9.17) is 0 Å². The van der Waals surface area contributed by atoms with Crippen molar-refractivity contribution in [1.82, 2.24) is 9.80 Å². The van der Waals surface area contributed by atoms with Crippen LogP contribution in [0.5, 0.6) is 0 Å². The summed E-state index contributed by atoms with van der Waals surface area (Å²) in [6, 6.07) is -0.181. The standard InChI is InChI=1S/C24H46N2O5/c1-17-11-7-8-12-18(17)26(23(31)24(2,3)4)14-10-6-5-9-13-25-15-20(28)22(30)21(29)19(25)16-27/h17-22,27-30H,5-16H2,1-4H3/t17?,18?,19?,20-,21?,22?/m0/s1. The van der Waals surface area contributed by atoms with Crippen molar-refractivity contribution in [2.24, 2.45) is 11.3 Å². The van der Waals surface area contributed by atoms with Crippen molar-refractivity contribution in [1.29, 1.82) is 0 Å². The summed E-state index contributed by atoms with van der Waals surface area (Å²) in [7, 11) is 0. The number of aliphatic hydroxyl groups excluding tert-OH is 4. The van der Waals surface area contributed by atoms with Gasteiger partial charge in [0.25, 0.3) is 0 Å². The smallest absolute Gasteiger partial charge is 0.228 e. The first-order valence-corrected chi connectivity index (χ1v) is 12.3. The van der Waals surface area contributed by atoms with E-state index in [0.717, 1.165) is 38.6 Å². The molecule has 1 aliphatic carbocycles. The number of unbranched alkanes of at least 4 members (excludes halogenated alkanes) is 3. The molecule has 1 heterocycles. The van der Waals surface area contributed by atoms with Crippen molar-refractivity contribution in [2.75, 3.05) is 26.2 Å². The zero-order valence-corrected chi connectivity index (χ0v) is 20.0. The van der Waals surface area contributed by atoms with Crippen LogP contribution in [0, 0.1) is 11.3 Å². The van der Waals surface area contributed by atoms with E-state index >= 15 is 0 Å². The molecular weight excluding hydrogens is 396 g/mol. The summed E-state index contributed by atoms with van der Waals surface area (Å²) in [5.74, 6) is 0.814. The molecule has 0 spiro atoms. The van der Waals surface area contributed by atoms with Crippen molar-refractivity contribution < 1.29 is 25.2 Å². The lowest BCUT2D eigenvalue weighted by atomic mass is 9.83. The highest BCUT2D eigenvalue weighted by atomic mass is 16.4. The minimum atomic E-state index is -1.21. The molecule has 2 rings (SSSR count). The van der Waals surface area contributed by atoms with Crippen LogP contribution < -0.4 is 0 Å². The highest BCUT2D eigenvalue weighted by Crippen LogP contribution is 2.31. The molecule has 7 nitrogen and oxygen atoms in total. The van der Waals surface area contributed by atoms with Gasteiger partial charge in [-0.1, -0.05) is 53.4 Å². The van der Waals surface area contributed by atoms with Gasteiger partial charge in [0, 0.05) is 24.5 Å². The summed E-state index contributed by atoms with van der Waals surface area (Å²) < 4.78 is 0. The molecule has 1 saturated carbocycles. The normalized spacial score (nSPS) is 32.8. The number of carbonyl (C=O) groups excluding carboxylic acids is 1. The molecule has 1 aliphatic heterocycles. The van der Waals surface area contributed by atoms with Crippen molar-refractivity contribution in [3.05, 3.63) is 0 Å². The third-order valence-corrected chi connectivity index (χ3v) is 7.18. The fourth-order valence-electron chi connectivity index (χ4n) is 5.19. The lowest BCUT2D eigenvalue weighted by molar-refractivity contribution is -0.145. The molecule has 0 aromatic heterocycles. The Labute approximate surface area is 188 Å². The molecule has 4 N–H and O–H groups in total. The van der Waals surface area contributed by atoms with Crippen LogP contribution in [0.3, 0.4) is 0 Å². The van der Waals surface area contributed by atoms with Crippen molar-refractivity contribution >= 4 is 5.91 Å². The first kappa shape index (κ1) is 26.5. The fourth-order valence-corrected chi connectivity index (χ4v) is 5.19. The Bertz CT molecular complexity index is 553. The van der Waals surface area contributed by atoms with Crippen LogP contribution in [-0.4, -0.2) is 92.8 Å². The van der Waals surface area contributed by atoms with Gasteiger partial charge in [-0.3, -0.25) is 9.69 Å². The van der Waals surface area contributed by atoms with Gasteiger partial charge in [0.05, 0.1) is 18.8 Å². The minimum absolute atomic E-state index is 0.242. The molecule has 0 aromatic carbocycles. The second kappa shape index (κ2) is 11.9. The SMILES string of the molecule is CC1CCCCC1N(CCCCCCN1C[C@H](O)C(O)C(O)C1CO)C(=O)C(C)(C)C. The molecule has 0 aromatic rings. The monoisotopic (exact) mass is 442 g/mol. The Kier molecular flexibility index (Phi) is 10.2. The first-order chi connectivity index (χ1) is 14.6. The lowest BCUT2D eigenvalue weighted by Crippen LogP contribution is -2.62. The quantitative estimate of drug-likeness (QED) is 0.406. The van der Waals surface area contributed by atoms with E-state index in [2.05, 4.69) is 11.8 Å². The zero-order chi connectivity index (χ0) is 23.2. The molecule has 0 bridgehead atoms. The third-order valence-electron chi connectivity index (χ3n) is 7.18. The first-order valence-electron chi connectivity index (χ1n) is 12.3. The number of hydrogen-bond donors (Lipinski definition) is 4. The second-order valence-electron chi connectivity index (χ2n) is 10.8. The Balaban J connectivity index is 1.80. The molecule has 5 unspecified atom stereocenters. The van der Waals surface area contributed by atoms with Gasteiger partial charge in [0.2, 0.25) is 5.91 Å². The van der Waals surface area contributed by atoms with Gasteiger partial charge in [-0.25, -0.2) is 0 Å². The maximum Gasteiger partial charge on any atom is 0.228 e. The number of nitrogens with zero attached hydrogens (tertiary/aromatic N) is 2. The number of aliphatic hydroxyl groups is 4. The van der Waals surface area contributed by atoms with Gasteiger partial charge in [-0.2, -0.15) is 0 Å². The Morgan fingerprint density at radius 3 is 2.26 bits per heavy atom. The molecule has 182 valence electrons. The highest BCUT2D eigenvalue weighted by molar-refractivity contribution is 5.81. The van der Waals surface area contributed by atoms with Gasteiger partial charge in [-0.15, -0.1) is 0 Å². The van der Waals surface area contributed by atoms with Gasteiger partial charge < -0.3 is 25.3 Å². The van der Waals surface area contributed by atoms with Crippen LogP contribution in [0.4, 0.5) is 0 Å². The zero-order valence-electron chi connectivity index (χ0n) is 20.0. The van der Waals surface area contributed by atoms with Crippen molar-refractivity contribution in [2.45, 2.75) is 109 Å². The average Bonchev–Trinajstić information content (AvgIpc) is 2.71. The molecule has 1 saturated heterocycles. The summed E-state index contributed by atoms with van der Waals surface area (Å²) in [5, 5.41) is 39.4. The average molecular weight is 443 g/mol. The summed E-state index contributed by atoms with van der Waals surface area (Å²) in [5.41, 5.74) is -0.364. The van der Waals surface area contributed by atoms with Crippen LogP contribution in [0.25, 0.3) is 0 Å². The van der Waals surface area contributed by atoms with Gasteiger partial charge in [0.15, 0.2) is 0 Å². The summed E-state index contributed by atoms with van der Waals surface area (Å²) >= 11 is 0. The summed E-state index contributed by atoms with van der Waals surface area (Å²) in [6.45, 7) is 9.78.